The SMILES string of the molecule is Cc1nc(CC2CCN(C(=O)COC(C)C)CC2)cc(NCc2ccccc2F)n1. The van der Waals surface area contributed by atoms with E-state index in [1.807, 2.05) is 37.8 Å². The lowest BCUT2D eigenvalue weighted by Gasteiger charge is -2.32. The predicted octanol–water partition coefficient (Wildman–Crippen LogP) is 3.74. The lowest BCUT2D eigenvalue weighted by molar-refractivity contribution is -0.139. The third-order valence-corrected chi connectivity index (χ3v) is 5.31. The number of ether oxygens (including phenoxy) is 1. The van der Waals surface area contributed by atoms with Crippen molar-refractivity contribution in [1.82, 2.24) is 14.9 Å². The van der Waals surface area contributed by atoms with Crippen LogP contribution in [-0.2, 0) is 22.5 Å². The van der Waals surface area contributed by atoms with Crippen LogP contribution in [-0.4, -0.2) is 46.6 Å². The van der Waals surface area contributed by atoms with Gasteiger partial charge in [0.2, 0.25) is 5.91 Å². The largest absolute Gasteiger partial charge is 0.369 e. The first-order valence-electron chi connectivity index (χ1n) is 10.6. The van der Waals surface area contributed by atoms with Gasteiger partial charge in [-0.2, -0.15) is 0 Å². The lowest BCUT2D eigenvalue weighted by Crippen LogP contribution is -2.41. The van der Waals surface area contributed by atoms with Crippen molar-refractivity contribution in [2.24, 2.45) is 5.92 Å². The van der Waals surface area contributed by atoms with Gasteiger partial charge in [0.05, 0.1) is 6.10 Å². The first-order valence-corrected chi connectivity index (χ1v) is 10.6. The standard InChI is InChI=1S/C23H31FN4O2/c1-16(2)30-15-23(29)28-10-8-18(9-11-28)12-20-13-22(27-17(3)26-20)25-14-19-6-4-5-7-21(19)24/h4-7,13,16,18H,8-12,14-15H2,1-3H3,(H,25,26,27). The number of rotatable bonds is 8. The minimum absolute atomic E-state index is 0.0636. The molecular weight excluding hydrogens is 383 g/mol. The number of anilines is 1. The Bertz CT molecular complexity index is 851. The Labute approximate surface area is 177 Å². The third-order valence-electron chi connectivity index (χ3n) is 5.31. The van der Waals surface area contributed by atoms with Crippen molar-refractivity contribution >= 4 is 11.7 Å². The zero-order chi connectivity index (χ0) is 21.5. The van der Waals surface area contributed by atoms with E-state index >= 15 is 0 Å². The number of amides is 1. The van der Waals surface area contributed by atoms with Crippen LogP contribution in [0.2, 0.25) is 0 Å². The molecule has 1 fully saturated rings. The highest BCUT2D eigenvalue weighted by Crippen LogP contribution is 2.22. The first kappa shape index (κ1) is 22.2. The van der Waals surface area contributed by atoms with Gasteiger partial charge in [-0.15, -0.1) is 0 Å². The fourth-order valence-corrected chi connectivity index (χ4v) is 3.66. The van der Waals surface area contributed by atoms with Crippen LogP contribution in [0.5, 0.6) is 0 Å². The zero-order valence-electron chi connectivity index (χ0n) is 18.0. The van der Waals surface area contributed by atoms with Gasteiger partial charge >= 0.3 is 0 Å². The van der Waals surface area contributed by atoms with Crippen LogP contribution in [0.25, 0.3) is 0 Å². The Balaban J connectivity index is 1.52. The van der Waals surface area contributed by atoms with Gasteiger partial charge in [-0.05, 0) is 52.0 Å². The summed E-state index contributed by atoms with van der Waals surface area (Å²) in [5, 5.41) is 3.21. The first-order chi connectivity index (χ1) is 14.4. The maximum atomic E-state index is 13.8. The second-order valence-electron chi connectivity index (χ2n) is 8.12. The average Bonchev–Trinajstić information content (AvgIpc) is 2.71. The summed E-state index contributed by atoms with van der Waals surface area (Å²) in [7, 11) is 0. The molecule has 0 spiro atoms. The number of piperidine rings is 1. The van der Waals surface area contributed by atoms with Gasteiger partial charge in [-0.25, -0.2) is 14.4 Å². The van der Waals surface area contributed by atoms with Gasteiger partial charge in [-0.3, -0.25) is 4.79 Å². The summed E-state index contributed by atoms with van der Waals surface area (Å²) in [5.41, 5.74) is 1.58. The number of nitrogens with zero attached hydrogens (tertiary/aromatic N) is 3. The Hall–Kier alpha value is -2.54. The molecule has 7 heteroatoms. The van der Waals surface area contributed by atoms with E-state index in [1.165, 1.54) is 6.07 Å². The Morgan fingerprint density at radius 3 is 2.70 bits per heavy atom. The monoisotopic (exact) mass is 414 g/mol. The highest BCUT2D eigenvalue weighted by atomic mass is 19.1. The maximum absolute atomic E-state index is 13.8. The van der Waals surface area contributed by atoms with Crippen molar-refractivity contribution in [2.75, 3.05) is 25.0 Å². The number of likely N-dealkylation sites (tertiary alicyclic amines) is 1. The van der Waals surface area contributed by atoms with Gasteiger partial charge in [0, 0.05) is 37.0 Å². The lowest BCUT2D eigenvalue weighted by atomic mass is 9.92. The molecule has 1 aliphatic rings. The van der Waals surface area contributed by atoms with Crippen molar-refractivity contribution in [2.45, 2.75) is 52.7 Å². The Morgan fingerprint density at radius 2 is 2.00 bits per heavy atom. The average molecular weight is 415 g/mol. The fraction of sp³-hybridized carbons (Fsp3) is 0.522. The molecule has 1 N–H and O–H groups in total. The van der Waals surface area contributed by atoms with E-state index in [1.54, 1.807) is 12.1 Å². The minimum Gasteiger partial charge on any atom is -0.369 e. The van der Waals surface area contributed by atoms with E-state index < -0.39 is 0 Å². The maximum Gasteiger partial charge on any atom is 0.248 e. The summed E-state index contributed by atoms with van der Waals surface area (Å²) >= 11 is 0. The van der Waals surface area contributed by atoms with Crippen molar-refractivity contribution in [3.63, 3.8) is 0 Å². The number of nitrogens with one attached hydrogen (secondary N) is 1. The molecule has 0 bridgehead atoms. The van der Waals surface area contributed by atoms with Crippen LogP contribution in [0.1, 0.15) is 43.8 Å². The molecule has 1 aliphatic heterocycles. The van der Waals surface area contributed by atoms with Crippen LogP contribution >= 0.6 is 0 Å². The molecule has 1 aromatic heterocycles. The number of hydrogen-bond acceptors (Lipinski definition) is 5. The third kappa shape index (κ3) is 6.49. The van der Waals surface area contributed by atoms with E-state index in [0.717, 1.165) is 38.0 Å². The number of halogens is 1. The molecule has 1 amide bonds. The zero-order valence-corrected chi connectivity index (χ0v) is 18.0. The van der Waals surface area contributed by atoms with Gasteiger partial charge in [-0.1, -0.05) is 18.2 Å². The van der Waals surface area contributed by atoms with Crippen LogP contribution in [0.15, 0.2) is 30.3 Å². The summed E-state index contributed by atoms with van der Waals surface area (Å²) in [4.78, 5) is 23.1. The van der Waals surface area contributed by atoms with Crippen molar-refractivity contribution in [3.05, 3.63) is 53.2 Å². The van der Waals surface area contributed by atoms with Crippen LogP contribution in [0, 0.1) is 18.7 Å². The summed E-state index contributed by atoms with van der Waals surface area (Å²) in [6.07, 6.45) is 2.82. The molecule has 0 aliphatic carbocycles. The molecule has 30 heavy (non-hydrogen) atoms. The second kappa shape index (κ2) is 10.5. The molecule has 0 unspecified atom stereocenters. The van der Waals surface area contributed by atoms with Crippen molar-refractivity contribution in [1.29, 1.82) is 0 Å². The summed E-state index contributed by atoms with van der Waals surface area (Å²) in [5.74, 6) is 1.73. The molecule has 6 nitrogen and oxygen atoms in total. The molecule has 2 aromatic rings. The number of hydrogen-bond donors (Lipinski definition) is 1. The highest BCUT2D eigenvalue weighted by Gasteiger charge is 2.23. The molecule has 162 valence electrons. The molecule has 0 atom stereocenters. The highest BCUT2D eigenvalue weighted by molar-refractivity contribution is 5.77. The van der Waals surface area contributed by atoms with E-state index in [0.29, 0.717) is 29.7 Å². The van der Waals surface area contributed by atoms with E-state index in [2.05, 4.69) is 15.3 Å². The number of carbonyl (C=O) groups excluding carboxylic acids is 1. The smallest absolute Gasteiger partial charge is 0.248 e. The quantitative estimate of drug-likeness (QED) is 0.713. The van der Waals surface area contributed by atoms with E-state index in [4.69, 9.17) is 4.74 Å². The fourth-order valence-electron chi connectivity index (χ4n) is 3.66. The van der Waals surface area contributed by atoms with Crippen LogP contribution < -0.4 is 5.32 Å². The molecule has 2 heterocycles. The van der Waals surface area contributed by atoms with E-state index in [9.17, 15) is 9.18 Å². The second-order valence-corrected chi connectivity index (χ2v) is 8.12. The summed E-state index contributed by atoms with van der Waals surface area (Å²) in [6.45, 7) is 7.78. The Morgan fingerprint density at radius 1 is 1.27 bits per heavy atom. The van der Waals surface area contributed by atoms with Crippen molar-refractivity contribution < 1.29 is 13.9 Å². The minimum atomic E-state index is -0.226. The topological polar surface area (TPSA) is 67.4 Å². The number of aromatic nitrogens is 2. The van der Waals surface area contributed by atoms with Gasteiger partial charge in [0.1, 0.15) is 24.1 Å². The number of benzene rings is 1. The van der Waals surface area contributed by atoms with E-state index in [-0.39, 0.29) is 24.4 Å². The molecule has 3 rings (SSSR count). The molecule has 0 radical (unpaired) electrons. The molecular formula is C23H31FN4O2. The van der Waals surface area contributed by atoms with Crippen LogP contribution in [0.4, 0.5) is 10.2 Å². The molecule has 0 saturated carbocycles. The van der Waals surface area contributed by atoms with Crippen molar-refractivity contribution in [3.8, 4) is 0 Å². The summed E-state index contributed by atoms with van der Waals surface area (Å²) in [6, 6.07) is 8.67. The van der Waals surface area contributed by atoms with Gasteiger partial charge < -0.3 is 15.0 Å². The molecule has 1 saturated heterocycles. The van der Waals surface area contributed by atoms with Gasteiger partial charge in [0.25, 0.3) is 0 Å². The number of aryl methyl sites for hydroxylation is 1. The van der Waals surface area contributed by atoms with Gasteiger partial charge in [0.15, 0.2) is 0 Å². The summed E-state index contributed by atoms with van der Waals surface area (Å²) < 4.78 is 19.3. The Kier molecular flexibility index (Phi) is 7.74. The predicted molar refractivity (Wildman–Crippen MR) is 115 cm³/mol. The van der Waals surface area contributed by atoms with Crippen LogP contribution in [0.3, 0.4) is 0 Å². The molecule has 1 aromatic carbocycles. The number of carbonyl (C=O) groups is 1. The normalized spacial score (nSPS) is 14.9.